The zero-order valence-electron chi connectivity index (χ0n) is 11.9. The Morgan fingerprint density at radius 2 is 2.40 bits per heavy atom. The maximum Gasteiger partial charge on any atom is 0.123 e. The minimum absolute atomic E-state index is 0.164. The third-order valence-electron chi connectivity index (χ3n) is 3.57. The Hall–Kier alpha value is -0.620. The van der Waals surface area contributed by atoms with Gasteiger partial charge >= 0.3 is 0 Å². The molecule has 0 fully saturated rings. The molecule has 3 nitrogen and oxygen atoms in total. The molecular weight excluding hydrogens is 275 g/mol. The summed E-state index contributed by atoms with van der Waals surface area (Å²) in [6, 6.07) is 5.56. The first-order valence-corrected chi connectivity index (χ1v) is 8.10. The van der Waals surface area contributed by atoms with Gasteiger partial charge in [0.05, 0.1) is 6.61 Å². The van der Waals surface area contributed by atoms with Gasteiger partial charge in [0, 0.05) is 24.1 Å². The summed E-state index contributed by atoms with van der Waals surface area (Å²) in [6.45, 7) is 1.35. The fourth-order valence-electron chi connectivity index (χ4n) is 2.60. The minimum Gasteiger partial charge on any atom is -0.383 e. The third kappa shape index (κ3) is 4.19. The molecule has 1 aromatic rings. The summed E-state index contributed by atoms with van der Waals surface area (Å²) in [6.07, 6.45) is 2.97. The predicted molar refractivity (Wildman–Crippen MR) is 81.6 cm³/mol. The predicted octanol–water partition coefficient (Wildman–Crippen LogP) is 2.71. The first kappa shape index (κ1) is 15.8. The average Bonchev–Trinajstić information content (AvgIpc) is 2.45. The Balaban J connectivity index is 2.07. The molecular formula is C15H23FN2OS. The minimum atomic E-state index is -0.164. The van der Waals surface area contributed by atoms with E-state index in [2.05, 4.69) is 5.32 Å². The second kappa shape index (κ2) is 7.98. The number of nitrogens with two attached hydrogens (primary N) is 1. The largest absolute Gasteiger partial charge is 0.383 e. The maximum absolute atomic E-state index is 13.5. The van der Waals surface area contributed by atoms with E-state index in [0.29, 0.717) is 13.2 Å². The van der Waals surface area contributed by atoms with Crippen LogP contribution in [0.3, 0.4) is 0 Å². The molecule has 1 aromatic carbocycles. The average molecular weight is 298 g/mol. The summed E-state index contributed by atoms with van der Waals surface area (Å²) in [5.74, 6) is 0.899. The highest BCUT2D eigenvalue weighted by Crippen LogP contribution is 2.36. The van der Waals surface area contributed by atoms with Gasteiger partial charge in [-0.25, -0.2) is 4.39 Å². The second-order valence-corrected chi connectivity index (χ2v) is 6.26. The standard InChI is InChI=1S/C15H23FN2OS/c1-19-10-12(3-2-7-17)18-14-6-8-20-15-5-4-11(16)9-13(14)15/h4-5,9,12,14,18H,2-3,6-8,10,17H2,1H3. The van der Waals surface area contributed by atoms with E-state index in [1.807, 2.05) is 6.07 Å². The van der Waals surface area contributed by atoms with Crippen LogP contribution in [0.4, 0.5) is 4.39 Å². The van der Waals surface area contributed by atoms with Crippen LogP contribution in [0.25, 0.3) is 0 Å². The van der Waals surface area contributed by atoms with Crippen LogP contribution in [0.15, 0.2) is 23.1 Å². The van der Waals surface area contributed by atoms with Crippen LogP contribution in [-0.2, 0) is 4.74 Å². The summed E-state index contributed by atoms with van der Waals surface area (Å²) < 4.78 is 18.7. The molecule has 0 spiro atoms. The molecule has 1 aliphatic rings. The zero-order valence-corrected chi connectivity index (χ0v) is 12.7. The van der Waals surface area contributed by atoms with Crippen molar-refractivity contribution in [3.63, 3.8) is 0 Å². The summed E-state index contributed by atoms with van der Waals surface area (Å²) in [5, 5.41) is 3.61. The molecule has 3 N–H and O–H groups in total. The van der Waals surface area contributed by atoms with Gasteiger partial charge in [-0.15, -0.1) is 11.8 Å². The lowest BCUT2D eigenvalue weighted by atomic mass is 10.0. The fourth-order valence-corrected chi connectivity index (χ4v) is 3.71. The van der Waals surface area contributed by atoms with Crippen molar-refractivity contribution in [3.8, 4) is 0 Å². The highest BCUT2D eigenvalue weighted by molar-refractivity contribution is 7.99. The molecule has 1 heterocycles. The van der Waals surface area contributed by atoms with E-state index < -0.39 is 0 Å². The quantitative estimate of drug-likeness (QED) is 0.812. The molecule has 2 unspecified atom stereocenters. The number of hydrogen-bond donors (Lipinski definition) is 2. The Morgan fingerprint density at radius 3 is 3.15 bits per heavy atom. The van der Waals surface area contributed by atoms with E-state index in [1.54, 1.807) is 24.9 Å². The van der Waals surface area contributed by atoms with Crippen LogP contribution in [0, 0.1) is 5.82 Å². The van der Waals surface area contributed by atoms with Crippen LogP contribution >= 0.6 is 11.8 Å². The Morgan fingerprint density at radius 1 is 1.55 bits per heavy atom. The lowest BCUT2D eigenvalue weighted by molar-refractivity contribution is 0.154. The zero-order chi connectivity index (χ0) is 14.4. The molecule has 0 bridgehead atoms. The van der Waals surface area contributed by atoms with Crippen molar-refractivity contribution in [1.82, 2.24) is 5.32 Å². The van der Waals surface area contributed by atoms with Crippen molar-refractivity contribution in [2.24, 2.45) is 5.73 Å². The molecule has 5 heteroatoms. The number of hydrogen-bond acceptors (Lipinski definition) is 4. The molecule has 0 radical (unpaired) electrons. The lowest BCUT2D eigenvalue weighted by Crippen LogP contribution is -2.38. The van der Waals surface area contributed by atoms with Gasteiger partial charge < -0.3 is 15.8 Å². The SMILES string of the molecule is COCC(CCCN)NC1CCSc2ccc(F)cc21. The van der Waals surface area contributed by atoms with Gasteiger partial charge in [-0.1, -0.05) is 0 Å². The second-order valence-electron chi connectivity index (χ2n) is 5.12. The van der Waals surface area contributed by atoms with Crippen molar-refractivity contribution < 1.29 is 9.13 Å². The molecule has 20 heavy (non-hydrogen) atoms. The summed E-state index contributed by atoms with van der Waals surface area (Å²) in [4.78, 5) is 1.19. The Kier molecular flexibility index (Phi) is 6.29. The van der Waals surface area contributed by atoms with Crippen molar-refractivity contribution >= 4 is 11.8 Å². The Bertz CT molecular complexity index is 430. The topological polar surface area (TPSA) is 47.3 Å². The van der Waals surface area contributed by atoms with Crippen LogP contribution in [0.1, 0.15) is 30.9 Å². The molecule has 112 valence electrons. The fraction of sp³-hybridized carbons (Fsp3) is 0.600. The maximum atomic E-state index is 13.5. The number of methoxy groups -OCH3 is 1. The molecule has 2 atom stereocenters. The molecule has 2 rings (SSSR count). The highest BCUT2D eigenvalue weighted by Gasteiger charge is 2.23. The molecule has 0 aliphatic carbocycles. The van der Waals surface area contributed by atoms with Crippen molar-refractivity contribution in [2.45, 2.75) is 36.2 Å². The van der Waals surface area contributed by atoms with Crippen LogP contribution in [-0.4, -0.2) is 32.1 Å². The van der Waals surface area contributed by atoms with Gasteiger partial charge in [0.1, 0.15) is 5.82 Å². The van der Waals surface area contributed by atoms with Gasteiger partial charge in [0.2, 0.25) is 0 Å². The summed E-state index contributed by atoms with van der Waals surface area (Å²) in [5.41, 5.74) is 6.66. The smallest absolute Gasteiger partial charge is 0.123 e. The molecule has 0 saturated heterocycles. The van der Waals surface area contributed by atoms with Gasteiger partial charge in [-0.05, 0) is 55.3 Å². The van der Waals surface area contributed by atoms with E-state index in [9.17, 15) is 4.39 Å². The monoisotopic (exact) mass is 298 g/mol. The van der Waals surface area contributed by atoms with Crippen molar-refractivity contribution in [1.29, 1.82) is 0 Å². The van der Waals surface area contributed by atoms with E-state index in [4.69, 9.17) is 10.5 Å². The number of thioether (sulfide) groups is 1. The first-order valence-electron chi connectivity index (χ1n) is 7.12. The first-order chi connectivity index (χ1) is 9.74. The van der Waals surface area contributed by atoms with Gasteiger partial charge in [0.15, 0.2) is 0 Å². The number of halogens is 1. The number of ether oxygens (including phenoxy) is 1. The Labute approximate surface area is 124 Å². The number of benzene rings is 1. The van der Waals surface area contributed by atoms with Crippen LogP contribution in [0.2, 0.25) is 0 Å². The molecule has 0 aromatic heterocycles. The third-order valence-corrected chi connectivity index (χ3v) is 4.70. The van der Waals surface area contributed by atoms with Crippen LogP contribution < -0.4 is 11.1 Å². The summed E-state index contributed by atoms with van der Waals surface area (Å²) in [7, 11) is 1.71. The summed E-state index contributed by atoms with van der Waals surface area (Å²) >= 11 is 1.80. The van der Waals surface area contributed by atoms with Crippen molar-refractivity contribution in [3.05, 3.63) is 29.6 Å². The van der Waals surface area contributed by atoms with Gasteiger partial charge in [0.25, 0.3) is 0 Å². The molecule has 0 saturated carbocycles. The number of fused-ring (bicyclic) bond motifs is 1. The van der Waals surface area contributed by atoms with Gasteiger partial charge in [-0.2, -0.15) is 0 Å². The highest BCUT2D eigenvalue weighted by atomic mass is 32.2. The van der Waals surface area contributed by atoms with Crippen molar-refractivity contribution in [2.75, 3.05) is 26.0 Å². The van der Waals surface area contributed by atoms with Gasteiger partial charge in [-0.3, -0.25) is 0 Å². The van der Waals surface area contributed by atoms with E-state index >= 15 is 0 Å². The molecule has 0 amide bonds. The van der Waals surface area contributed by atoms with E-state index in [0.717, 1.165) is 30.6 Å². The van der Waals surface area contributed by atoms with E-state index in [1.165, 1.54) is 11.0 Å². The normalized spacial score (nSPS) is 19.6. The lowest BCUT2D eigenvalue weighted by Gasteiger charge is -2.30. The van der Waals surface area contributed by atoms with E-state index in [-0.39, 0.29) is 17.9 Å². The van der Waals surface area contributed by atoms with Crippen LogP contribution in [0.5, 0.6) is 0 Å². The number of nitrogens with one attached hydrogen (secondary N) is 1. The number of rotatable bonds is 7. The molecule has 1 aliphatic heterocycles.